The third kappa shape index (κ3) is 6.69. The van der Waals surface area contributed by atoms with Crippen LogP contribution in [0.4, 0.5) is 5.69 Å². The second-order valence-electron chi connectivity index (χ2n) is 6.71. The van der Waals surface area contributed by atoms with E-state index in [9.17, 15) is 13.2 Å². The fraction of sp³-hybridized carbons (Fsp3) is 0.350. The Labute approximate surface area is 161 Å². The smallest absolute Gasteiger partial charge is 0.251 e. The van der Waals surface area contributed by atoms with Crippen LogP contribution in [0.3, 0.4) is 0 Å². The number of hydrogen-bond acceptors (Lipinski definition) is 4. The Morgan fingerprint density at radius 2 is 1.63 bits per heavy atom. The molecular formula is C20H27N3O3S. The zero-order valence-corrected chi connectivity index (χ0v) is 16.9. The summed E-state index contributed by atoms with van der Waals surface area (Å²) in [5.41, 5.74) is 1.94. The van der Waals surface area contributed by atoms with Crippen molar-refractivity contribution in [3.63, 3.8) is 0 Å². The molecule has 0 atom stereocenters. The molecule has 2 aromatic carbocycles. The van der Waals surface area contributed by atoms with Crippen LogP contribution in [0.1, 0.15) is 22.3 Å². The third-order valence-electron chi connectivity index (χ3n) is 4.05. The summed E-state index contributed by atoms with van der Waals surface area (Å²) in [7, 11) is 0.532. The number of rotatable bonds is 9. The molecule has 0 aliphatic carbocycles. The second-order valence-corrected chi connectivity index (χ2v) is 8.62. The van der Waals surface area contributed by atoms with Gasteiger partial charge in [-0.3, -0.25) is 9.10 Å². The number of hydrogen-bond donors (Lipinski definition) is 1. The van der Waals surface area contributed by atoms with E-state index < -0.39 is 10.0 Å². The summed E-state index contributed by atoms with van der Waals surface area (Å²) in [6, 6.07) is 16.0. The van der Waals surface area contributed by atoms with Crippen LogP contribution in [0.5, 0.6) is 0 Å². The number of benzene rings is 2. The van der Waals surface area contributed by atoms with Crippen LogP contribution in [-0.2, 0) is 16.6 Å². The number of nitrogens with one attached hydrogen (secondary N) is 1. The minimum atomic E-state index is -3.45. The summed E-state index contributed by atoms with van der Waals surface area (Å²) in [6.45, 7) is 1.75. The third-order valence-corrected chi connectivity index (χ3v) is 5.20. The Kier molecular flexibility index (Phi) is 7.38. The van der Waals surface area contributed by atoms with Crippen LogP contribution in [0, 0.1) is 0 Å². The van der Waals surface area contributed by atoms with Gasteiger partial charge >= 0.3 is 0 Å². The number of carbonyl (C=O) groups excluding carboxylic acids is 1. The van der Waals surface area contributed by atoms with E-state index in [1.165, 1.54) is 10.6 Å². The minimum absolute atomic E-state index is 0.158. The van der Waals surface area contributed by atoms with Gasteiger partial charge in [0, 0.05) is 12.1 Å². The van der Waals surface area contributed by atoms with Gasteiger partial charge < -0.3 is 10.2 Å². The molecule has 7 heteroatoms. The van der Waals surface area contributed by atoms with Gasteiger partial charge in [-0.25, -0.2) is 8.42 Å². The van der Waals surface area contributed by atoms with E-state index in [2.05, 4.69) is 10.2 Å². The molecule has 0 spiro atoms. The topological polar surface area (TPSA) is 69.7 Å². The first kappa shape index (κ1) is 20.9. The molecule has 1 amide bonds. The molecule has 146 valence electrons. The fourth-order valence-electron chi connectivity index (χ4n) is 2.63. The van der Waals surface area contributed by atoms with Gasteiger partial charge in [0.15, 0.2) is 0 Å². The lowest BCUT2D eigenvalue weighted by atomic mass is 10.1. The molecule has 0 aromatic heterocycles. The quantitative estimate of drug-likeness (QED) is 0.669. The number of carbonyl (C=O) groups is 1. The van der Waals surface area contributed by atoms with E-state index in [0.717, 1.165) is 18.5 Å². The maximum atomic E-state index is 12.2. The summed E-state index contributed by atoms with van der Waals surface area (Å²) in [4.78, 5) is 14.3. The van der Waals surface area contributed by atoms with Crippen LogP contribution >= 0.6 is 0 Å². The average Bonchev–Trinajstić information content (AvgIpc) is 2.63. The summed E-state index contributed by atoms with van der Waals surface area (Å²) in [6.07, 6.45) is 2.05. The average molecular weight is 390 g/mol. The highest BCUT2D eigenvalue weighted by molar-refractivity contribution is 7.92. The summed E-state index contributed by atoms with van der Waals surface area (Å²) >= 11 is 0. The molecule has 0 aliphatic rings. The Morgan fingerprint density at radius 3 is 2.19 bits per heavy atom. The molecule has 2 rings (SSSR count). The van der Waals surface area contributed by atoms with E-state index in [1.807, 2.05) is 44.4 Å². The molecule has 6 nitrogen and oxygen atoms in total. The van der Waals surface area contributed by atoms with Crippen molar-refractivity contribution in [1.82, 2.24) is 10.2 Å². The number of nitrogens with zero attached hydrogens (tertiary/aromatic N) is 2. The zero-order chi connectivity index (χ0) is 19.9. The first-order valence-corrected chi connectivity index (χ1v) is 10.7. The van der Waals surface area contributed by atoms with Gasteiger partial charge in [-0.15, -0.1) is 0 Å². The normalized spacial score (nSPS) is 11.4. The lowest BCUT2D eigenvalue weighted by Crippen LogP contribution is -2.29. The summed E-state index contributed by atoms with van der Waals surface area (Å²) in [5.74, 6) is -0.158. The summed E-state index contributed by atoms with van der Waals surface area (Å²) in [5, 5.41) is 2.88. The van der Waals surface area contributed by atoms with Crippen LogP contribution in [-0.4, -0.2) is 52.7 Å². The fourth-order valence-corrected chi connectivity index (χ4v) is 3.52. The molecule has 2 aromatic rings. The maximum Gasteiger partial charge on any atom is 0.251 e. The van der Waals surface area contributed by atoms with E-state index in [-0.39, 0.29) is 12.5 Å². The van der Waals surface area contributed by atoms with Gasteiger partial charge in [-0.05, 0) is 56.9 Å². The highest BCUT2D eigenvalue weighted by Crippen LogP contribution is 2.21. The standard InChI is InChI=1S/C20H27N3O3S/c1-22(2)15-7-14-21-20(24)18-10-12-19(13-11-18)23(27(3,25)26)16-17-8-5-4-6-9-17/h4-6,8-13H,7,14-16H2,1-3H3,(H,21,24). The molecule has 1 N–H and O–H groups in total. The van der Waals surface area contributed by atoms with Crippen molar-refractivity contribution in [3.8, 4) is 0 Å². The van der Waals surface area contributed by atoms with Crippen molar-refractivity contribution in [2.45, 2.75) is 13.0 Å². The van der Waals surface area contributed by atoms with Crippen molar-refractivity contribution in [3.05, 3.63) is 65.7 Å². The number of anilines is 1. The van der Waals surface area contributed by atoms with Crippen LogP contribution in [0.15, 0.2) is 54.6 Å². The van der Waals surface area contributed by atoms with Gasteiger partial charge in [-0.2, -0.15) is 0 Å². The lowest BCUT2D eigenvalue weighted by molar-refractivity contribution is 0.0952. The van der Waals surface area contributed by atoms with Gasteiger partial charge in [-0.1, -0.05) is 30.3 Å². The Bertz CT molecular complexity index is 835. The maximum absolute atomic E-state index is 12.2. The van der Waals surface area contributed by atoms with Crippen LogP contribution < -0.4 is 9.62 Å². The van der Waals surface area contributed by atoms with Crippen molar-refractivity contribution >= 4 is 21.6 Å². The molecule has 0 saturated heterocycles. The number of sulfonamides is 1. The van der Waals surface area contributed by atoms with Crippen molar-refractivity contribution in [2.24, 2.45) is 0 Å². The monoisotopic (exact) mass is 389 g/mol. The molecule has 0 aliphatic heterocycles. The van der Waals surface area contributed by atoms with Crippen molar-refractivity contribution < 1.29 is 13.2 Å². The predicted octanol–water partition coefficient (Wildman–Crippen LogP) is 2.33. The molecule has 0 radical (unpaired) electrons. The molecule has 27 heavy (non-hydrogen) atoms. The van der Waals surface area contributed by atoms with Crippen LogP contribution in [0.2, 0.25) is 0 Å². The van der Waals surface area contributed by atoms with E-state index >= 15 is 0 Å². The Morgan fingerprint density at radius 1 is 1.00 bits per heavy atom. The first-order valence-electron chi connectivity index (χ1n) is 8.82. The number of amides is 1. The summed E-state index contributed by atoms with van der Waals surface area (Å²) < 4.78 is 25.8. The molecule has 0 unspecified atom stereocenters. The molecule has 0 fully saturated rings. The second kappa shape index (κ2) is 9.53. The van der Waals surface area contributed by atoms with Gasteiger partial charge in [0.05, 0.1) is 18.5 Å². The van der Waals surface area contributed by atoms with Gasteiger partial charge in [0.1, 0.15) is 0 Å². The predicted molar refractivity (Wildman–Crippen MR) is 109 cm³/mol. The Hall–Kier alpha value is -2.38. The molecule has 0 saturated carbocycles. The van der Waals surface area contributed by atoms with E-state index in [1.54, 1.807) is 24.3 Å². The highest BCUT2D eigenvalue weighted by atomic mass is 32.2. The van der Waals surface area contributed by atoms with Crippen LogP contribution in [0.25, 0.3) is 0 Å². The van der Waals surface area contributed by atoms with E-state index in [4.69, 9.17) is 0 Å². The molecule has 0 heterocycles. The lowest BCUT2D eigenvalue weighted by Gasteiger charge is -2.22. The van der Waals surface area contributed by atoms with Crippen molar-refractivity contribution in [2.75, 3.05) is 37.7 Å². The van der Waals surface area contributed by atoms with Gasteiger partial charge in [0.2, 0.25) is 10.0 Å². The minimum Gasteiger partial charge on any atom is -0.352 e. The largest absolute Gasteiger partial charge is 0.352 e. The van der Waals surface area contributed by atoms with Crippen molar-refractivity contribution in [1.29, 1.82) is 0 Å². The molecule has 0 bridgehead atoms. The highest BCUT2D eigenvalue weighted by Gasteiger charge is 2.18. The van der Waals surface area contributed by atoms with E-state index in [0.29, 0.717) is 17.8 Å². The first-order chi connectivity index (χ1) is 12.8. The molecular weight excluding hydrogens is 362 g/mol. The SMILES string of the molecule is CN(C)CCCNC(=O)c1ccc(N(Cc2ccccc2)S(C)(=O)=O)cc1. The van der Waals surface area contributed by atoms with Gasteiger partial charge in [0.25, 0.3) is 5.91 Å². The Balaban J connectivity index is 2.07. The zero-order valence-electron chi connectivity index (χ0n) is 16.1.